The van der Waals surface area contributed by atoms with Crippen LogP contribution in [0.2, 0.25) is 0 Å². The highest BCUT2D eigenvalue weighted by atomic mass is 16.1. The molecule has 0 fully saturated rings. The predicted molar refractivity (Wildman–Crippen MR) is 91.2 cm³/mol. The zero-order valence-electron chi connectivity index (χ0n) is 12.4. The highest BCUT2D eigenvalue weighted by Gasteiger charge is 2.11. The lowest BCUT2D eigenvalue weighted by Crippen LogP contribution is -2.23. The number of hydrogen-bond acceptors (Lipinski definition) is 2. The van der Waals surface area contributed by atoms with Crippen molar-refractivity contribution < 1.29 is 4.79 Å². The Labute approximate surface area is 133 Å². The van der Waals surface area contributed by atoms with E-state index in [1.54, 1.807) is 12.3 Å². The number of nitrogens with zero attached hydrogens (tertiary/aromatic N) is 1. The number of benzene rings is 2. The van der Waals surface area contributed by atoms with Crippen molar-refractivity contribution in [2.75, 3.05) is 0 Å². The van der Waals surface area contributed by atoms with Crippen molar-refractivity contribution in [2.24, 2.45) is 0 Å². The first-order chi connectivity index (χ1) is 11.3. The lowest BCUT2D eigenvalue weighted by atomic mass is 10.1. The predicted octanol–water partition coefficient (Wildman–Crippen LogP) is 3.65. The Morgan fingerprint density at radius 1 is 1.00 bits per heavy atom. The van der Waals surface area contributed by atoms with Gasteiger partial charge in [-0.3, -0.25) is 9.78 Å². The highest BCUT2D eigenvalue weighted by Crippen LogP contribution is 2.17. The third-order valence-electron chi connectivity index (χ3n) is 3.90. The summed E-state index contributed by atoms with van der Waals surface area (Å²) in [7, 11) is 0. The van der Waals surface area contributed by atoms with Crippen molar-refractivity contribution in [3.63, 3.8) is 0 Å². The fourth-order valence-corrected chi connectivity index (χ4v) is 2.79. The molecule has 0 radical (unpaired) electrons. The van der Waals surface area contributed by atoms with Crippen molar-refractivity contribution in [1.29, 1.82) is 0 Å². The molecule has 0 aliphatic heterocycles. The second kappa shape index (κ2) is 5.57. The number of para-hydroxylation sites is 2. The monoisotopic (exact) mass is 301 g/mol. The zero-order valence-corrected chi connectivity index (χ0v) is 12.4. The Bertz CT molecular complexity index is 965. The zero-order chi connectivity index (χ0) is 15.6. The first kappa shape index (κ1) is 13.5. The van der Waals surface area contributed by atoms with Gasteiger partial charge < -0.3 is 10.3 Å². The topological polar surface area (TPSA) is 57.8 Å². The summed E-state index contributed by atoms with van der Waals surface area (Å²) in [6.45, 7) is 0.455. The summed E-state index contributed by atoms with van der Waals surface area (Å²) < 4.78 is 0. The van der Waals surface area contributed by atoms with Crippen molar-refractivity contribution >= 4 is 27.7 Å². The molecule has 0 spiro atoms. The number of pyridine rings is 1. The molecule has 4 heteroatoms. The van der Waals surface area contributed by atoms with Crippen LogP contribution in [0.3, 0.4) is 0 Å². The van der Waals surface area contributed by atoms with Gasteiger partial charge in [-0.2, -0.15) is 0 Å². The Hall–Kier alpha value is -3.14. The maximum Gasteiger partial charge on any atom is 0.253 e. The third kappa shape index (κ3) is 2.55. The quantitative estimate of drug-likeness (QED) is 0.607. The minimum Gasteiger partial charge on any atom is -0.357 e. The van der Waals surface area contributed by atoms with Gasteiger partial charge in [0.25, 0.3) is 5.91 Å². The average Bonchev–Trinajstić information content (AvgIpc) is 3.02. The fourth-order valence-electron chi connectivity index (χ4n) is 2.79. The second-order valence-electron chi connectivity index (χ2n) is 5.45. The van der Waals surface area contributed by atoms with E-state index in [0.717, 1.165) is 27.5 Å². The first-order valence-electron chi connectivity index (χ1n) is 7.50. The fraction of sp³-hybridized carbons (Fsp3) is 0.0526. The summed E-state index contributed by atoms with van der Waals surface area (Å²) in [4.78, 5) is 20.1. The van der Waals surface area contributed by atoms with E-state index in [9.17, 15) is 4.79 Å². The van der Waals surface area contributed by atoms with Crippen LogP contribution in [0.15, 0.2) is 66.9 Å². The highest BCUT2D eigenvalue weighted by molar-refractivity contribution is 6.05. The number of nitrogens with one attached hydrogen (secondary N) is 2. The van der Waals surface area contributed by atoms with E-state index < -0.39 is 0 Å². The van der Waals surface area contributed by atoms with E-state index in [1.165, 1.54) is 0 Å². The van der Waals surface area contributed by atoms with Gasteiger partial charge in [-0.15, -0.1) is 0 Å². The number of hydrogen-bond donors (Lipinski definition) is 2. The molecule has 0 saturated carbocycles. The molecule has 4 rings (SSSR count). The van der Waals surface area contributed by atoms with Gasteiger partial charge in [-0.1, -0.05) is 36.4 Å². The molecular formula is C19H15N3O. The molecule has 4 nitrogen and oxygen atoms in total. The number of rotatable bonds is 3. The Kier molecular flexibility index (Phi) is 3.27. The van der Waals surface area contributed by atoms with E-state index in [1.807, 2.05) is 48.5 Å². The van der Waals surface area contributed by atoms with E-state index in [-0.39, 0.29) is 5.91 Å². The molecule has 2 aromatic heterocycles. The van der Waals surface area contributed by atoms with Crippen LogP contribution in [-0.4, -0.2) is 15.9 Å². The maximum atomic E-state index is 12.5. The lowest BCUT2D eigenvalue weighted by molar-refractivity contribution is 0.0952. The van der Waals surface area contributed by atoms with Crippen LogP contribution < -0.4 is 5.32 Å². The molecule has 0 aliphatic rings. The minimum absolute atomic E-state index is 0.118. The number of carbonyl (C=O) groups is 1. The number of aromatic nitrogens is 2. The van der Waals surface area contributed by atoms with Crippen molar-refractivity contribution in [3.05, 3.63) is 78.1 Å². The summed E-state index contributed by atoms with van der Waals surface area (Å²) in [5, 5.41) is 5.06. The largest absolute Gasteiger partial charge is 0.357 e. The molecule has 2 aromatic carbocycles. The summed E-state index contributed by atoms with van der Waals surface area (Å²) in [5.74, 6) is -0.118. The molecule has 0 aliphatic carbocycles. The molecule has 0 atom stereocenters. The van der Waals surface area contributed by atoms with Crippen LogP contribution >= 0.6 is 0 Å². The summed E-state index contributed by atoms with van der Waals surface area (Å²) in [5.41, 5.74) is 3.37. The van der Waals surface area contributed by atoms with Gasteiger partial charge in [0.1, 0.15) is 0 Å². The molecule has 4 aromatic rings. The van der Waals surface area contributed by atoms with Gasteiger partial charge in [0.05, 0.1) is 17.6 Å². The number of fused-ring (bicyclic) bond motifs is 2. The molecule has 0 saturated heterocycles. The molecule has 2 N–H and O–H groups in total. The minimum atomic E-state index is -0.118. The van der Waals surface area contributed by atoms with Crippen LogP contribution in [0.5, 0.6) is 0 Å². The van der Waals surface area contributed by atoms with E-state index in [2.05, 4.69) is 21.4 Å². The third-order valence-corrected chi connectivity index (χ3v) is 3.90. The molecule has 112 valence electrons. The summed E-state index contributed by atoms with van der Waals surface area (Å²) in [6.07, 6.45) is 1.71. The standard InChI is InChI=1S/C19H15N3O/c23-19(16-8-3-6-13-7-4-10-20-18(13)16)21-12-15-11-14-5-1-2-9-17(14)22-15/h1-11,22H,12H2,(H,21,23). The molecule has 2 heterocycles. The Morgan fingerprint density at radius 2 is 1.83 bits per heavy atom. The van der Waals surface area contributed by atoms with Crippen LogP contribution in [0.1, 0.15) is 16.1 Å². The number of amides is 1. The van der Waals surface area contributed by atoms with Crippen molar-refractivity contribution in [3.8, 4) is 0 Å². The number of aromatic amines is 1. The molecular weight excluding hydrogens is 286 g/mol. The SMILES string of the molecule is O=C(NCc1cc2ccccc2[nH]1)c1cccc2cccnc12. The van der Waals surface area contributed by atoms with Crippen molar-refractivity contribution in [2.45, 2.75) is 6.54 Å². The Morgan fingerprint density at radius 3 is 2.74 bits per heavy atom. The van der Waals surface area contributed by atoms with E-state index in [0.29, 0.717) is 12.1 Å². The number of carbonyl (C=O) groups excluding carboxylic acids is 1. The van der Waals surface area contributed by atoms with E-state index >= 15 is 0 Å². The first-order valence-corrected chi connectivity index (χ1v) is 7.50. The van der Waals surface area contributed by atoms with Gasteiger partial charge in [0, 0.05) is 22.8 Å². The van der Waals surface area contributed by atoms with Crippen molar-refractivity contribution in [1.82, 2.24) is 15.3 Å². The van der Waals surface area contributed by atoms with Crippen LogP contribution in [0.4, 0.5) is 0 Å². The normalized spacial score (nSPS) is 11.0. The maximum absolute atomic E-state index is 12.5. The van der Waals surface area contributed by atoms with Crippen LogP contribution in [0, 0.1) is 0 Å². The lowest BCUT2D eigenvalue weighted by Gasteiger charge is -2.06. The Balaban J connectivity index is 1.57. The summed E-state index contributed by atoms with van der Waals surface area (Å²) >= 11 is 0. The average molecular weight is 301 g/mol. The molecule has 1 amide bonds. The van der Waals surface area contributed by atoms with Gasteiger partial charge in [0.15, 0.2) is 0 Å². The van der Waals surface area contributed by atoms with Gasteiger partial charge in [-0.25, -0.2) is 0 Å². The van der Waals surface area contributed by atoms with Crippen LogP contribution in [0.25, 0.3) is 21.8 Å². The second-order valence-corrected chi connectivity index (χ2v) is 5.45. The van der Waals surface area contributed by atoms with Gasteiger partial charge >= 0.3 is 0 Å². The van der Waals surface area contributed by atoms with Crippen LogP contribution in [-0.2, 0) is 6.54 Å². The van der Waals surface area contributed by atoms with Gasteiger partial charge in [-0.05, 0) is 29.7 Å². The summed E-state index contributed by atoms with van der Waals surface area (Å²) in [6, 6.07) is 19.6. The molecule has 23 heavy (non-hydrogen) atoms. The van der Waals surface area contributed by atoms with Gasteiger partial charge in [0.2, 0.25) is 0 Å². The number of H-pyrrole nitrogens is 1. The van der Waals surface area contributed by atoms with E-state index in [4.69, 9.17) is 0 Å². The molecule has 0 unspecified atom stereocenters. The smallest absolute Gasteiger partial charge is 0.253 e. The molecule has 0 bridgehead atoms.